The maximum absolute atomic E-state index is 12.6. The second-order valence-corrected chi connectivity index (χ2v) is 8.04. The minimum atomic E-state index is -4.43. The Bertz CT molecular complexity index is 1170. The molecule has 2 aromatic carbocycles. The molecule has 1 atom stereocenters. The number of carboxylic acids is 1. The highest BCUT2D eigenvalue weighted by molar-refractivity contribution is 7.89. The van der Waals surface area contributed by atoms with Gasteiger partial charge in [0.2, 0.25) is 10.0 Å². The van der Waals surface area contributed by atoms with Gasteiger partial charge in [0.15, 0.2) is 0 Å². The standard InChI is InChI=1S/C17H14ClN3O6S/c18-13-6-5-11(21(24)25)8-16(13)28(26,27)20-15(17(22)23)7-10-9-19-14-4-2-1-3-12(10)14/h1-6,8-9,15,19-20H,7H2,(H,22,23)/t15-/m0/s1. The lowest BCUT2D eigenvalue weighted by Crippen LogP contribution is -2.42. The van der Waals surface area contributed by atoms with E-state index in [-0.39, 0.29) is 11.4 Å². The van der Waals surface area contributed by atoms with Crippen LogP contribution in [-0.2, 0) is 21.2 Å². The van der Waals surface area contributed by atoms with Crippen LogP contribution >= 0.6 is 11.6 Å². The van der Waals surface area contributed by atoms with E-state index in [0.29, 0.717) is 5.56 Å². The average molecular weight is 424 g/mol. The molecule has 1 aromatic heterocycles. The zero-order chi connectivity index (χ0) is 20.5. The number of nitro benzene ring substituents is 1. The number of halogens is 1. The topological polar surface area (TPSA) is 142 Å². The molecular weight excluding hydrogens is 410 g/mol. The predicted octanol–water partition coefficient (Wildman–Crippen LogP) is 2.70. The Morgan fingerprint density at radius 2 is 2.00 bits per heavy atom. The molecule has 0 radical (unpaired) electrons. The molecule has 0 aliphatic heterocycles. The van der Waals surface area contributed by atoms with Gasteiger partial charge < -0.3 is 10.1 Å². The fourth-order valence-electron chi connectivity index (χ4n) is 2.76. The van der Waals surface area contributed by atoms with Crippen molar-refractivity contribution in [1.29, 1.82) is 0 Å². The molecule has 11 heteroatoms. The fraction of sp³-hybridized carbons (Fsp3) is 0.118. The molecule has 0 saturated carbocycles. The molecule has 146 valence electrons. The van der Waals surface area contributed by atoms with Gasteiger partial charge in [-0.25, -0.2) is 8.42 Å². The molecule has 28 heavy (non-hydrogen) atoms. The van der Waals surface area contributed by atoms with Gasteiger partial charge in [-0.15, -0.1) is 0 Å². The van der Waals surface area contributed by atoms with E-state index in [0.717, 1.165) is 29.1 Å². The van der Waals surface area contributed by atoms with Crippen molar-refractivity contribution in [3.63, 3.8) is 0 Å². The maximum Gasteiger partial charge on any atom is 0.322 e. The highest BCUT2D eigenvalue weighted by Gasteiger charge is 2.29. The van der Waals surface area contributed by atoms with Crippen LogP contribution in [0.4, 0.5) is 5.69 Å². The van der Waals surface area contributed by atoms with Gasteiger partial charge in [0, 0.05) is 35.7 Å². The lowest BCUT2D eigenvalue weighted by molar-refractivity contribution is -0.385. The van der Waals surface area contributed by atoms with Gasteiger partial charge in [-0.05, 0) is 17.7 Å². The Labute approximate surface area is 164 Å². The lowest BCUT2D eigenvalue weighted by atomic mass is 10.1. The number of aliphatic carboxylic acids is 1. The van der Waals surface area contributed by atoms with E-state index >= 15 is 0 Å². The van der Waals surface area contributed by atoms with Crippen molar-refractivity contribution in [3.8, 4) is 0 Å². The quantitative estimate of drug-likeness (QED) is 0.394. The summed E-state index contributed by atoms with van der Waals surface area (Å²) in [7, 11) is -4.43. The molecule has 3 rings (SSSR count). The van der Waals surface area contributed by atoms with E-state index in [1.807, 2.05) is 12.1 Å². The van der Waals surface area contributed by atoms with E-state index in [2.05, 4.69) is 9.71 Å². The van der Waals surface area contributed by atoms with Crippen molar-refractivity contribution in [2.45, 2.75) is 17.4 Å². The number of carbonyl (C=O) groups is 1. The highest BCUT2D eigenvalue weighted by atomic mass is 35.5. The predicted molar refractivity (Wildman–Crippen MR) is 102 cm³/mol. The molecule has 0 aliphatic carbocycles. The third-order valence-electron chi connectivity index (χ3n) is 4.11. The van der Waals surface area contributed by atoms with Crippen LogP contribution in [-0.4, -0.2) is 35.4 Å². The third-order valence-corrected chi connectivity index (χ3v) is 6.06. The maximum atomic E-state index is 12.6. The molecule has 0 spiro atoms. The van der Waals surface area contributed by atoms with Crippen molar-refractivity contribution in [2.24, 2.45) is 0 Å². The first-order chi connectivity index (χ1) is 13.2. The van der Waals surface area contributed by atoms with E-state index in [1.54, 1.807) is 18.3 Å². The molecular formula is C17H14ClN3O6S. The SMILES string of the molecule is O=C(O)[C@H](Cc1c[nH]c2ccccc12)NS(=O)(=O)c1cc([N+](=O)[O-])ccc1Cl. The monoisotopic (exact) mass is 423 g/mol. The molecule has 3 aromatic rings. The zero-order valence-electron chi connectivity index (χ0n) is 14.1. The Morgan fingerprint density at radius 3 is 2.68 bits per heavy atom. The summed E-state index contributed by atoms with van der Waals surface area (Å²) in [6.07, 6.45) is 1.47. The van der Waals surface area contributed by atoms with Crippen molar-refractivity contribution < 1.29 is 23.2 Å². The first-order valence-electron chi connectivity index (χ1n) is 7.93. The van der Waals surface area contributed by atoms with Gasteiger partial charge in [0.1, 0.15) is 10.9 Å². The van der Waals surface area contributed by atoms with Crippen LogP contribution in [0.25, 0.3) is 10.9 Å². The second kappa shape index (κ2) is 7.58. The number of H-pyrrole nitrogens is 1. The van der Waals surface area contributed by atoms with E-state index in [1.165, 1.54) is 0 Å². The molecule has 9 nitrogen and oxygen atoms in total. The summed E-state index contributed by atoms with van der Waals surface area (Å²) in [6.45, 7) is 0. The molecule has 0 aliphatic rings. The van der Waals surface area contributed by atoms with Crippen LogP contribution < -0.4 is 4.72 Å². The fourth-order valence-corrected chi connectivity index (χ4v) is 4.47. The van der Waals surface area contributed by atoms with Crippen LogP contribution in [0.5, 0.6) is 0 Å². The van der Waals surface area contributed by atoms with Gasteiger partial charge in [-0.2, -0.15) is 4.72 Å². The van der Waals surface area contributed by atoms with Crippen LogP contribution in [0.15, 0.2) is 53.6 Å². The summed E-state index contributed by atoms with van der Waals surface area (Å²) in [5.41, 5.74) is 0.912. The second-order valence-electron chi connectivity index (χ2n) is 5.95. The number of aromatic amines is 1. The summed E-state index contributed by atoms with van der Waals surface area (Å²) in [4.78, 5) is 24.2. The smallest absolute Gasteiger partial charge is 0.322 e. The molecule has 3 N–H and O–H groups in total. The molecule has 0 saturated heterocycles. The average Bonchev–Trinajstić information content (AvgIpc) is 3.04. The minimum absolute atomic E-state index is 0.134. The minimum Gasteiger partial charge on any atom is -0.480 e. The number of hydrogen-bond acceptors (Lipinski definition) is 5. The van der Waals surface area contributed by atoms with Gasteiger partial charge in [0.25, 0.3) is 5.69 Å². The number of nitrogens with one attached hydrogen (secondary N) is 2. The molecule has 0 unspecified atom stereocenters. The zero-order valence-corrected chi connectivity index (χ0v) is 15.7. The van der Waals surface area contributed by atoms with Gasteiger partial charge >= 0.3 is 5.97 Å². The number of sulfonamides is 1. The number of nitro groups is 1. The summed E-state index contributed by atoms with van der Waals surface area (Å²) >= 11 is 5.88. The number of rotatable bonds is 7. The molecule has 0 bridgehead atoms. The summed E-state index contributed by atoms with van der Waals surface area (Å²) in [5, 5.41) is 20.9. The van der Waals surface area contributed by atoms with Crippen molar-refractivity contribution >= 4 is 44.2 Å². The normalized spacial score (nSPS) is 12.8. The Hall–Kier alpha value is -2.95. The van der Waals surface area contributed by atoms with E-state index in [9.17, 15) is 28.4 Å². The van der Waals surface area contributed by atoms with Crippen molar-refractivity contribution in [1.82, 2.24) is 9.71 Å². The third kappa shape index (κ3) is 3.98. The first kappa shape index (κ1) is 19.8. The molecule has 0 amide bonds. The number of para-hydroxylation sites is 1. The van der Waals surface area contributed by atoms with E-state index < -0.39 is 37.5 Å². The lowest BCUT2D eigenvalue weighted by Gasteiger charge is -2.15. The highest BCUT2D eigenvalue weighted by Crippen LogP contribution is 2.27. The number of aromatic nitrogens is 1. The molecule has 0 fully saturated rings. The Morgan fingerprint density at radius 1 is 1.29 bits per heavy atom. The van der Waals surface area contributed by atoms with Crippen LogP contribution in [0.3, 0.4) is 0 Å². The summed E-state index contributed by atoms with van der Waals surface area (Å²) in [6, 6.07) is 8.60. The van der Waals surface area contributed by atoms with Crippen molar-refractivity contribution in [3.05, 3.63) is 69.4 Å². The van der Waals surface area contributed by atoms with Crippen LogP contribution in [0, 0.1) is 10.1 Å². The van der Waals surface area contributed by atoms with Crippen LogP contribution in [0.2, 0.25) is 5.02 Å². The van der Waals surface area contributed by atoms with Crippen LogP contribution in [0.1, 0.15) is 5.56 Å². The van der Waals surface area contributed by atoms with E-state index in [4.69, 9.17) is 11.6 Å². The Balaban J connectivity index is 1.93. The number of non-ortho nitro benzene ring substituents is 1. The number of nitrogens with zero attached hydrogens (tertiary/aromatic N) is 1. The number of carboxylic acid groups (broad SMARTS) is 1. The van der Waals surface area contributed by atoms with Gasteiger partial charge in [-0.3, -0.25) is 14.9 Å². The largest absolute Gasteiger partial charge is 0.480 e. The Kier molecular flexibility index (Phi) is 5.36. The number of benzene rings is 2. The number of fused-ring (bicyclic) bond motifs is 1. The van der Waals surface area contributed by atoms with Gasteiger partial charge in [-0.1, -0.05) is 29.8 Å². The first-order valence-corrected chi connectivity index (χ1v) is 9.79. The molecule has 1 heterocycles. The van der Waals surface area contributed by atoms with Gasteiger partial charge in [0.05, 0.1) is 9.95 Å². The summed E-state index contributed by atoms with van der Waals surface area (Å²) in [5.74, 6) is -1.39. The summed E-state index contributed by atoms with van der Waals surface area (Å²) < 4.78 is 27.4. The van der Waals surface area contributed by atoms with Crippen molar-refractivity contribution in [2.75, 3.05) is 0 Å². The number of hydrogen-bond donors (Lipinski definition) is 3.